The lowest BCUT2D eigenvalue weighted by molar-refractivity contribution is -0.130. The van der Waals surface area contributed by atoms with Crippen LogP contribution in [0.2, 0.25) is 0 Å². The van der Waals surface area contributed by atoms with Gasteiger partial charge in [-0.05, 0) is 18.9 Å². The van der Waals surface area contributed by atoms with Crippen LogP contribution in [-0.4, -0.2) is 41.7 Å². The second-order valence-electron chi connectivity index (χ2n) is 4.82. The zero-order chi connectivity index (χ0) is 14.6. The summed E-state index contributed by atoms with van der Waals surface area (Å²) in [5.74, 6) is -1.30. The zero-order valence-corrected chi connectivity index (χ0v) is 11.0. The lowest BCUT2D eigenvalue weighted by atomic mass is 9.79. The summed E-state index contributed by atoms with van der Waals surface area (Å²) in [6.45, 7) is 1.23. The molecule has 1 amide bonds. The monoisotopic (exact) mass is 279 g/mol. The molecular formula is C13H17N3O4. The molecular weight excluding hydrogens is 262 g/mol. The van der Waals surface area contributed by atoms with Crippen molar-refractivity contribution in [3.8, 4) is 0 Å². The fraction of sp³-hybridized carbons (Fsp3) is 0.462. The number of ether oxygens (including phenoxy) is 1. The molecule has 1 aromatic rings. The molecule has 1 aromatic heterocycles. The van der Waals surface area contributed by atoms with Gasteiger partial charge in [0.05, 0.1) is 22.9 Å². The van der Waals surface area contributed by atoms with Crippen LogP contribution in [-0.2, 0) is 9.53 Å². The van der Waals surface area contributed by atoms with Crippen molar-refractivity contribution in [1.29, 1.82) is 0 Å². The van der Waals surface area contributed by atoms with Crippen molar-refractivity contribution in [3.63, 3.8) is 0 Å². The number of aromatic nitrogens is 1. The van der Waals surface area contributed by atoms with Crippen LogP contribution in [0.25, 0.3) is 0 Å². The van der Waals surface area contributed by atoms with E-state index in [0.29, 0.717) is 31.7 Å². The second kappa shape index (κ2) is 5.98. The number of carboxylic acids is 1. The number of anilines is 1. The Bertz CT molecular complexity index is 512. The summed E-state index contributed by atoms with van der Waals surface area (Å²) < 4.78 is 5.25. The van der Waals surface area contributed by atoms with E-state index in [1.54, 1.807) is 0 Å². The lowest BCUT2D eigenvalue weighted by Crippen LogP contribution is -2.46. The van der Waals surface area contributed by atoms with Crippen LogP contribution < -0.4 is 11.1 Å². The van der Waals surface area contributed by atoms with Crippen LogP contribution >= 0.6 is 0 Å². The topological polar surface area (TPSA) is 115 Å². The van der Waals surface area contributed by atoms with Crippen LogP contribution in [0, 0.1) is 5.41 Å². The Morgan fingerprint density at radius 2 is 2.10 bits per heavy atom. The van der Waals surface area contributed by atoms with E-state index in [4.69, 9.17) is 15.6 Å². The predicted octanol–water partition coefficient (Wildman–Crippen LogP) is 0.474. The maximum atomic E-state index is 12.4. The number of amides is 1. The number of rotatable bonds is 4. The van der Waals surface area contributed by atoms with Gasteiger partial charge in [0.25, 0.3) is 0 Å². The minimum atomic E-state index is -1.09. The highest BCUT2D eigenvalue weighted by Crippen LogP contribution is 2.30. The van der Waals surface area contributed by atoms with Crippen LogP contribution in [0.1, 0.15) is 23.2 Å². The Hall–Kier alpha value is -1.99. The van der Waals surface area contributed by atoms with Gasteiger partial charge in [-0.1, -0.05) is 0 Å². The standard InChI is InChI=1S/C13H17N3O4/c14-8-13(1-3-20-4-2-13)12(19)16-10-5-9(11(17)18)6-15-7-10/h5-7H,1-4,8,14H2,(H,16,19)(H,17,18). The Kier molecular flexibility index (Phi) is 4.31. The summed E-state index contributed by atoms with van der Waals surface area (Å²) in [7, 11) is 0. The van der Waals surface area contributed by atoms with Gasteiger partial charge in [0.1, 0.15) is 0 Å². The highest BCUT2D eigenvalue weighted by molar-refractivity contribution is 5.96. The van der Waals surface area contributed by atoms with Gasteiger partial charge in [0, 0.05) is 26.0 Å². The normalized spacial score (nSPS) is 17.4. The van der Waals surface area contributed by atoms with Gasteiger partial charge >= 0.3 is 5.97 Å². The molecule has 108 valence electrons. The molecule has 0 radical (unpaired) electrons. The Morgan fingerprint density at radius 1 is 1.40 bits per heavy atom. The van der Waals surface area contributed by atoms with Gasteiger partial charge in [-0.15, -0.1) is 0 Å². The molecule has 7 heteroatoms. The Labute approximate surface area is 116 Å². The highest BCUT2D eigenvalue weighted by atomic mass is 16.5. The molecule has 0 unspecified atom stereocenters. The van der Waals surface area contributed by atoms with Crippen molar-refractivity contribution in [1.82, 2.24) is 4.98 Å². The molecule has 1 fully saturated rings. The van der Waals surface area contributed by atoms with Gasteiger partial charge in [-0.3, -0.25) is 9.78 Å². The van der Waals surface area contributed by atoms with Crippen molar-refractivity contribution in [3.05, 3.63) is 24.0 Å². The number of carbonyl (C=O) groups is 2. The van der Waals surface area contributed by atoms with Crippen LogP contribution in [0.3, 0.4) is 0 Å². The highest BCUT2D eigenvalue weighted by Gasteiger charge is 2.38. The van der Waals surface area contributed by atoms with E-state index in [0.717, 1.165) is 0 Å². The first-order chi connectivity index (χ1) is 9.57. The van der Waals surface area contributed by atoms with Gasteiger partial charge in [0.15, 0.2) is 0 Å². The molecule has 0 aliphatic carbocycles. The minimum absolute atomic E-state index is 0.0246. The van der Waals surface area contributed by atoms with Crippen LogP contribution in [0.5, 0.6) is 0 Å². The average molecular weight is 279 g/mol. The van der Waals surface area contributed by atoms with Crippen molar-refractivity contribution in [2.45, 2.75) is 12.8 Å². The molecule has 0 saturated carbocycles. The molecule has 7 nitrogen and oxygen atoms in total. The maximum Gasteiger partial charge on any atom is 0.337 e. The van der Waals surface area contributed by atoms with Crippen molar-refractivity contribution in [2.75, 3.05) is 25.1 Å². The molecule has 4 N–H and O–H groups in total. The predicted molar refractivity (Wildman–Crippen MR) is 71.4 cm³/mol. The molecule has 2 rings (SSSR count). The quantitative estimate of drug-likeness (QED) is 0.738. The first-order valence-corrected chi connectivity index (χ1v) is 6.35. The fourth-order valence-corrected chi connectivity index (χ4v) is 2.17. The number of hydrogen-bond acceptors (Lipinski definition) is 5. The first-order valence-electron chi connectivity index (χ1n) is 6.35. The molecule has 2 heterocycles. The molecule has 0 aromatic carbocycles. The summed E-state index contributed by atoms with van der Waals surface area (Å²) in [5, 5.41) is 11.6. The first kappa shape index (κ1) is 14.4. The number of aromatic carboxylic acids is 1. The number of hydrogen-bond donors (Lipinski definition) is 3. The summed E-state index contributed by atoms with van der Waals surface area (Å²) in [5.41, 5.74) is 5.47. The third-order valence-electron chi connectivity index (χ3n) is 3.57. The van der Waals surface area contributed by atoms with E-state index in [1.165, 1.54) is 18.5 Å². The second-order valence-corrected chi connectivity index (χ2v) is 4.82. The smallest absolute Gasteiger partial charge is 0.337 e. The van der Waals surface area contributed by atoms with Gasteiger partial charge in [-0.25, -0.2) is 4.79 Å². The molecule has 20 heavy (non-hydrogen) atoms. The number of carboxylic acid groups (broad SMARTS) is 1. The maximum absolute atomic E-state index is 12.4. The largest absolute Gasteiger partial charge is 0.478 e. The molecule has 1 saturated heterocycles. The third-order valence-corrected chi connectivity index (χ3v) is 3.57. The van der Waals surface area contributed by atoms with E-state index in [-0.39, 0.29) is 18.0 Å². The summed E-state index contributed by atoms with van der Waals surface area (Å²) in [6.07, 6.45) is 3.75. The lowest BCUT2D eigenvalue weighted by Gasteiger charge is -2.34. The van der Waals surface area contributed by atoms with E-state index in [9.17, 15) is 9.59 Å². The molecule has 1 aliphatic rings. The van der Waals surface area contributed by atoms with Crippen LogP contribution in [0.15, 0.2) is 18.5 Å². The number of nitrogens with zero attached hydrogens (tertiary/aromatic N) is 1. The average Bonchev–Trinajstić information content (AvgIpc) is 2.48. The minimum Gasteiger partial charge on any atom is -0.478 e. The van der Waals surface area contributed by atoms with Gasteiger partial charge in [0.2, 0.25) is 5.91 Å². The molecule has 0 spiro atoms. The van der Waals surface area contributed by atoms with E-state index in [1.807, 2.05) is 0 Å². The summed E-state index contributed by atoms with van der Waals surface area (Å²) >= 11 is 0. The molecule has 1 aliphatic heterocycles. The van der Waals surface area contributed by atoms with E-state index >= 15 is 0 Å². The Balaban J connectivity index is 2.14. The molecule has 0 atom stereocenters. The van der Waals surface area contributed by atoms with Crippen molar-refractivity contribution in [2.24, 2.45) is 11.1 Å². The zero-order valence-electron chi connectivity index (χ0n) is 11.0. The van der Waals surface area contributed by atoms with E-state index < -0.39 is 11.4 Å². The van der Waals surface area contributed by atoms with Gasteiger partial charge < -0.3 is 20.9 Å². The fourth-order valence-electron chi connectivity index (χ4n) is 2.17. The third kappa shape index (κ3) is 2.94. The van der Waals surface area contributed by atoms with Crippen LogP contribution in [0.4, 0.5) is 5.69 Å². The van der Waals surface area contributed by atoms with Gasteiger partial charge in [-0.2, -0.15) is 0 Å². The molecule has 0 bridgehead atoms. The van der Waals surface area contributed by atoms with Crippen molar-refractivity contribution < 1.29 is 19.4 Å². The SMILES string of the molecule is NCC1(C(=O)Nc2cncc(C(=O)O)c2)CCOCC1. The number of carbonyl (C=O) groups excluding carboxylic acids is 1. The number of nitrogens with one attached hydrogen (secondary N) is 1. The van der Waals surface area contributed by atoms with Crippen molar-refractivity contribution >= 4 is 17.6 Å². The summed E-state index contributed by atoms with van der Waals surface area (Å²) in [6, 6.07) is 1.37. The number of nitrogens with two attached hydrogens (primary N) is 1. The summed E-state index contributed by atoms with van der Waals surface area (Å²) in [4.78, 5) is 27.1. The van der Waals surface area contributed by atoms with E-state index in [2.05, 4.69) is 10.3 Å². The Morgan fingerprint density at radius 3 is 2.70 bits per heavy atom. The number of pyridine rings is 1.